The van der Waals surface area contributed by atoms with Gasteiger partial charge in [-0.3, -0.25) is 0 Å². The van der Waals surface area contributed by atoms with Crippen molar-refractivity contribution >= 4 is 0 Å². The molecule has 0 spiro atoms. The topological polar surface area (TPSA) is 42.7 Å². The van der Waals surface area contributed by atoms with Crippen LogP contribution in [-0.4, -0.2) is 27.9 Å². The molecule has 4 heteroatoms. The van der Waals surface area contributed by atoms with Crippen LogP contribution in [-0.2, 0) is 6.42 Å². The van der Waals surface area contributed by atoms with Crippen molar-refractivity contribution in [3.8, 4) is 0 Å². The normalized spacial score (nSPS) is 21.5. The molecule has 2 heterocycles. The molecule has 0 aliphatic carbocycles. The third-order valence-corrected chi connectivity index (χ3v) is 3.09. The van der Waals surface area contributed by atoms with Crippen LogP contribution in [0.15, 0.2) is 0 Å². The van der Waals surface area contributed by atoms with E-state index in [1.807, 2.05) is 6.92 Å². The molecular formula is C11H20N4. The molecular weight excluding hydrogens is 188 g/mol. The fraction of sp³-hybridized carbons (Fsp3) is 0.818. The van der Waals surface area contributed by atoms with Gasteiger partial charge >= 0.3 is 0 Å². The summed E-state index contributed by atoms with van der Waals surface area (Å²) in [5.74, 6) is 2.92. The van der Waals surface area contributed by atoms with E-state index < -0.39 is 0 Å². The second-order valence-electron chi connectivity index (χ2n) is 4.69. The summed E-state index contributed by atoms with van der Waals surface area (Å²) in [7, 11) is 0. The number of aryl methyl sites for hydroxylation is 1. The van der Waals surface area contributed by atoms with E-state index in [0.29, 0.717) is 6.04 Å². The molecule has 0 aromatic carbocycles. The van der Waals surface area contributed by atoms with Crippen LogP contribution in [0.3, 0.4) is 0 Å². The number of rotatable bonds is 3. The Bertz CT molecular complexity index is 323. The molecule has 1 N–H and O–H groups in total. The molecule has 1 unspecified atom stereocenters. The Kier molecular flexibility index (Phi) is 3.05. The predicted octanol–water partition coefficient (Wildman–Crippen LogP) is 1.32. The molecule has 1 fully saturated rings. The zero-order valence-electron chi connectivity index (χ0n) is 9.82. The Morgan fingerprint density at radius 1 is 1.47 bits per heavy atom. The molecule has 1 atom stereocenters. The average Bonchev–Trinajstić information content (AvgIpc) is 2.76. The largest absolute Gasteiger partial charge is 0.316 e. The van der Waals surface area contributed by atoms with E-state index in [2.05, 4.69) is 33.9 Å². The molecule has 1 aliphatic rings. The van der Waals surface area contributed by atoms with E-state index in [4.69, 9.17) is 0 Å². The van der Waals surface area contributed by atoms with Crippen LogP contribution in [0.5, 0.6) is 0 Å². The smallest absolute Gasteiger partial charge is 0.133 e. The summed E-state index contributed by atoms with van der Waals surface area (Å²) in [6.07, 6.45) is 2.33. The maximum Gasteiger partial charge on any atom is 0.133 e. The van der Waals surface area contributed by atoms with Crippen molar-refractivity contribution in [3.63, 3.8) is 0 Å². The number of nitrogens with zero attached hydrogens (tertiary/aromatic N) is 3. The van der Waals surface area contributed by atoms with Gasteiger partial charge in [0.2, 0.25) is 0 Å². The molecule has 15 heavy (non-hydrogen) atoms. The molecule has 1 aromatic rings. The fourth-order valence-corrected chi connectivity index (χ4v) is 2.37. The lowest BCUT2D eigenvalue weighted by Crippen LogP contribution is -2.15. The van der Waals surface area contributed by atoms with Gasteiger partial charge in [0, 0.05) is 12.5 Å². The summed E-state index contributed by atoms with van der Waals surface area (Å²) >= 11 is 0. The van der Waals surface area contributed by atoms with Crippen molar-refractivity contribution < 1.29 is 0 Å². The highest BCUT2D eigenvalue weighted by atomic mass is 15.3. The Balaban J connectivity index is 2.13. The van der Waals surface area contributed by atoms with Crippen LogP contribution in [0.1, 0.15) is 38.0 Å². The van der Waals surface area contributed by atoms with Crippen molar-refractivity contribution in [2.45, 2.75) is 39.7 Å². The van der Waals surface area contributed by atoms with Gasteiger partial charge in [0.05, 0.1) is 0 Å². The number of hydrogen-bond donors (Lipinski definition) is 1. The molecule has 0 radical (unpaired) electrons. The summed E-state index contributed by atoms with van der Waals surface area (Å²) in [5, 5.41) is 11.8. The van der Waals surface area contributed by atoms with Crippen molar-refractivity contribution in [2.24, 2.45) is 5.92 Å². The van der Waals surface area contributed by atoms with Gasteiger partial charge in [0.1, 0.15) is 11.6 Å². The summed E-state index contributed by atoms with van der Waals surface area (Å²) in [6, 6.07) is 0.462. The van der Waals surface area contributed by atoms with E-state index in [-0.39, 0.29) is 0 Å². The van der Waals surface area contributed by atoms with Crippen LogP contribution < -0.4 is 5.32 Å². The Morgan fingerprint density at radius 2 is 2.27 bits per heavy atom. The van der Waals surface area contributed by atoms with Gasteiger partial charge in [-0.2, -0.15) is 0 Å². The molecule has 0 bridgehead atoms. The third kappa shape index (κ3) is 2.20. The van der Waals surface area contributed by atoms with Crippen molar-refractivity contribution in [3.05, 3.63) is 11.6 Å². The maximum absolute atomic E-state index is 4.29. The minimum atomic E-state index is 0.462. The zero-order chi connectivity index (χ0) is 10.8. The zero-order valence-corrected chi connectivity index (χ0v) is 9.82. The SMILES string of the molecule is Cc1nnc(CC2CCNC2)n1C(C)C. The molecule has 0 amide bonds. The van der Waals surface area contributed by atoms with Crippen LogP contribution in [0, 0.1) is 12.8 Å². The highest BCUT2D eigenvalue weighted by Gasteiger charge is 2.19. The fourth-order valence-electron chi connectivity index (χ4n) is 2.37. The first-order valence-electron chi connectivity index (χ1n) is 5.79. The lowest BCUT2D eigenvalue weighted by molar-refractivity contribution is 0.500. The van der Waals surface area contributed by atoms with Crippen LogP contribution >= 0.6 is 0 Å². The van der Waals surface area contributed by atoms with Crippen molar-refractivity contribution in [1.82, 2.24) is 20.1 Å². The van der Waals surface area contributed by atoms with Crippen molar-refractivity contribution in [2.75, 3.05) is 13.1 Å². The lowest BCUT2D eigenvalue weighted by atomic mass is 10.0. The Labute approximate surface area is 91.1 Å². The lowest BCUT2D eigenvalue weighted by Gasteiger charge is -2.14. The molecule has 2 rings (SSSR count). The van der Waals surface area contributed by atoms with Crippen LogP contribution in [0.2, 0.25) is 0 Å². The highest BCUT2D eigenvalue weighted by molar-refractivity contribution is 4.98. The number of nitrogens with one attached hydrogen (secondary N) is 1. The predicted molar refractivity (Wildman–Crippen MR) is 59.8 cm³/mol. The molecule has 1 saturated heterocycles. The minimum absolute atomic E-state index is 0.462. The molecule has 0 saturated carbocycles. The minimum Gasteiger partial charge on any atom is -0.316 e. The van der Waals surface area contributed by atoms with E-state index >= 15 is 0 Å². The van der Waals surface area contributed by atoms with Gasteiger partial charge in [-0.1, -0.05) is 0 Å². The second kappa shape index (κ2) is 4.31. The van der Waals surface area contributed by atoms with E-state index in [0.717, 1.165) is 37.1 Å². The van der Waals surface area contributed by atoms with Crippen LogP contribution in [0.25, 0.3) is 0 Å². The van der Waals surface area contributed by atoms with E-state index in [1.165, 1.54) is 6.42 Å². The van der Waals surface area contributed by atoms with Gasteiger partial charge in [-0.15, -0.1) is 10.2 Å². The summed E-state index contributed by atoms with van der Waals surface area (Å²) in [4.78, 5) is 0. The second-order valence-corrected chi connectivity index (χ2v) is 4.69. The first-order chi connectivity index (χ1) is 7.18. The maximum atomic E-state index is 4.29. The monoisotopic (exact) mass is 208 g/mol. The van der Waals surface area contributed by atoms with Gasteiger partial charge < -0.3 is 9.88 Å². The van der Waals surface area contributed by atoms with E-state index in [1.54, 1.807) is 0 Å². The standard InChI is InChI=1S/C11H20N4/c1-8(2)15-9(3)13-14-11(15)6-10-4-5-12-7-10/h8,10,12H,4-7H2,1-3H3. The van der Waals surface area contributed by atoms with Gasteiger partial charge in [-0.05, 0) is 46.2 Å². The van der Waals surface area contributed by atoms with Crippen molar-refractivity contribution in [1.29, 1.82) is 0 Å². The van der Waals surface area contributed by atoms with Gasteiger partial charge in [0.15, 0.2) is 0 Å². The first-order valence-corrected chi connectivity index (χ1v) is 5.79. The Morgan fingerprint density at radius 3 is 2.87 bits per heavy atom. The summed E-state index contributed by atoms with van der Waals surface area (Å²) < 4.78 is 2.25. The Hall–Kier alpha value is -0.900. The summed E-state index contributed by atoms with van der Waals surface area (Å²) in [5.41, 5.74) is 0. The number of aromatic nitrogens is 3. The van der Waals surface area contributed by atoms with Gasteiger partial charge in [0.25, 0.3) is 0 Å². The number of hydrogen-bond acceptors (Lipinski definition) is 3. The van der Waals surface area contributed by atoms with Gasteiger partial charge in [-0.25, -0.2) is 0 Å². The molecule has 1 aromatic heterocycles. The van der Waals surface area contributed by atoms with E-state index in [9.17, 15) is 0 Å². The quantitative estimate of drug-likeness (QED) is 0.814. The average molecular weight is 208 g/mol. The highest BCUT2D eigenvalue weighted by Crippen LogP contribution is 2.17. The third-order valence-electron chi connectivity index (χ3n) is 3.09. The molecule has 4 nitrogen and oxygen atoms in total. The molecule has 1 aliphatic heterocycles. The first kappa shape index (κ1) is 10.6. The molecule has 84 valence electrons. The van der Waals surface area contributed by atoms with Crippen LogP contribution in [0.4, 0.5) is 0 Å². The summed E-state index contributed by atoms with van der Waals surface area (Å²) in [6.45, 7) is 8.69.